The Balaban J connectivity index is 1.52. The van der Waals surface area contributed by atoms with E-state index in [1.54, 1.807) is 0 Å². The molecule has 1 saturated carbocycles. The average molecular weight is 332 g/mol. The van der Waals surface area contributed by atoms with Crippen molar-refractivity contribution in [3.63, 3.8) is 0 Å². The molecule has 1 atom stereocenters. The van der Waals surface area contributed by atoms with Crippen molar-refractivity contribution in [1.82, 2.24) is 15.0 Å². The standard InChI is InChI=1S/C14H19Cl2N3O2/c1-10-7-11(21-17-10)8-18-3-5-19(6-4-18)12(20)13(2)9-14(13,15)16/h7H,3-6,8-9H2,1-2H3. The SMILES string of the molecule is Cc1cc(CN2CCN(C(=O)C3(C)CC3(Cl)Cl)CC2)on1. The van der Waals surface area contributed by atoms with Crippen LogP contribution in [0.5, 0.6) is 0 Å². The van der Waals surface area contributed by atoms with E-state index in [2.05, 4.69) is 10.1 Å². The molecular weight excluding hydrogens is 313 g/mol. The zero-order chi connectivity index (χ0) is 15.3. The van der Waals surface area contributed by atoms with E-state index >= 15 is 0 Å². The van der Waals surface area contributed by atoms with Crippen LogP contribution in [0.15, 0.2) is 10.6 Å². The molecule has 3 rings (SSSR count). The molecule has 7 heteroatoms. The van der Waals surface area contributed by atoms with E-state index in [-0.39, 0.29) is 5.91 Å². The minimum absolute atomic E-state index is 0.0719. The first-order valence-electron chi connectivity index (χ1n) is 7.14. The molecule has 1 saturated heterocycles. The van der Waals surface area contributed by atoms with Crippen molar-refractivity contribution in [3.8, 4) is 0 Å². The van der Waals surface area contributed by atoms with Crippen molar-refractivity contribution in [3.05, 3.63) is 17.5 Å². The predicted molar refractivity (Wildman–Crippen MR) is 80.3 cm³/mol. The third-order valence-corrected chi connectivity index (χ3v) is 5.55. The topological polar surface area (TPSA) is 49.6 Å². The van der Waals surface area contributed by atoms with Gasteiger partial charge in [-0.05, 0) is 20.3 Å². The minimum atomic E-state index is -0.890. The summed E-state index contributed by atoms with van der Waals surface area (Å²) in [5.41, 5.74) is 0.279. The lowest BCUT2D eigenvalue weighted by Crippen LogP contribution is -2.50. The van der Waals surface area contributed by atoms with Crippen LogP contribution in [0.2, 0.25) is 0 Å². The van der Waals surface area contributed by atoms with Crippen molar-refractivity contribution in [2.24, 2.45) is 5.41 Å². The number of rotatable bonds is 3. The Morgan fingerprint density at radius 3 is 2.48 bits per heavy atom. The van der Waals surface area contributed by atoms with E-state index in [4.69, 9.17) is 27.7 Å². The molecule has 1 amide bonds. The van der Waals surface area contributed by atoms with Gasteiger partial charge in [0.15, 0.2) is 5.76 Å². The fourth-order valence-electron chi connectivity index (χ4n) is 2.80. The van der Waals surface area contributed by atoms with Crippen LogP contribution in [0.1, 0.15) is 24.8 Å². The maximum absolute atomic E-state index is 12.5. The molecule has 0 radical (unpaired) electrons. The summed E-state index contributed by atoms with van der Waals surface area (Å²) in [7, 11) is 0. The number of piperazine rings is 1. The summed E-state index contributed by atoms with van der Waals surface area (Å²) in [5, 5.41) is 3.89. The second-order valence-corrected chi connectivity index (χ2v) is 7.70. The number of amides is 1. The first-order valence-corrected chi connectivity index (χ1v) is 7.89. The largest absolute Gasteiger partial charge is 0.360 e. The van der Waals surface area contributed by atoms with Crippen molar-refractivity contribution in [1.29, 1.82) is 0 Å². The molecule has 116 valence electrons. The maximum atomic E-state index is 12.5. The third-order valence-electron chi connectivity index (χ3n) is 4.45. The number of halogens is 2. The fraction of sp³-hybridized carbons (Fsp3) is 0.714. The highest BCUT2D eigenvalue weighted by Gasteiger charge is 2.68. The number of aromatic nitrogens is 1. The molecule has 0 aromatic carbocycles. The van der Waals surface area contributed by atoms with Crippen LogP contribution in [-0.2, 0) is 11.3 Å². The molecule has 2 fully saturated rings. The van der Waals surface area contributed by atoms with Crippen LogP contribution in [0.3, 0.4) is 0 Å². The molecule has 0 N–H and O–H groups in total. The van der Waals surface area contributed by atoms with Gasteiger partial charge in [0, 0.05) is 32.2 Å². The summed E-state index contributed by atoms with van der Waals surface area (Å²) in [6.07, 6.45) is 0.541. The van der Waals surface area contributed by atoms with E-state index in [1.165, 1.54) is 0 Å². The van der Waals surface area contributed by atoms with Gasteiger partial charge in [0.25, 0.3) is 0 Å². The van der Waals surface area contributed by atoms with Crippen molar-refractivity contribution in [2.75, 3.05) is 26.2 Å². The second kappa shape index (κ2) is 5.14. The minimum Gasteiger partial charge on any atom is -0.360 e. The highest BCUT2D eigenvalue weighted by molar-refractivity contribution is 6.53. The molecule has 1 aromatic heterocycles. The van der Waals surface area contributed by atoms with Gasteiger partial charge in [0.05, 0.1) is 17.7 Å². The van der Waals surface area contributed by atoms with Gasteiger partial charge >= 0.3 is 0 Å². The number of aryl methyl sites for hydroxylation is 1. The maximum Gasteiger partial charge on any atom is 0.231 e. The highest BCUT2D eigenvalue weighted by Crippen LogP contribution is 2.64. The number of carbonyl (C=O) groups excluding carboxylic acids is 1. The van der Waals surface area contributed by atoms with E-state index in [9.17, 15) is 4.79 Å². The number of hydrogen-bond acceptors (Lipinski definition) is 4. The summed E-state index contributed by atoms with van der Waals surface area (Å²) in [5.74, 6) is 0.935. The van der Waals surface area contributed by atoms with Crippen LogP contribution in [-0.4, -0.2) is 51.4 Å². The van der Waals surface area contributed by atoms with Crippen LogP contribution in [0.25, 0.3) is 0 Å². The smallest absolute Gasteiger partial charge is 0.231 e. The van der Waals surface area contributed by atoms with Crippen LogP contribution >= 0.6 is 23.2 Å². The quantitative estimate of drug-likeness (QED) is 0.797. The third kappa shape index (κ3) is 2.79. The lowest BCUT2D eigenvalue weighted by atomic mass is 10.1. The lowest BCUT2D eigenvalue weighted by molar-refractivity contribution is -0.138. The lowest BCUT2D eigenvalue weighted by Gasteiger charge is -2.35. The second-order valence-electron chi connectivity index (χ2n) is 6.22. The van der Waals surface area contributed by atoms with E-state index in [0.717, 1.165) is 31.1 Å². The summed E-state index contributed by atoms with van der Waals surface area (Å²) in [6.45, 7) is 7.52. The molecule has 0 spiro atoms. The van der Waals surface area contributed by atoms with Crippen molar-refractivity contribution in [2.45, 2.75) is 31.1 Å². The molecule has 5 nitrogen and oxygen atoms in total. The van der Waals surface area contributed by atoms with Crippen molar-refractivity contribution < 1.29 is 9.32 Å². The zero-order valence-corrected chi connectivity index (χ0v) is 13.7. The van der Waals surface area contributed by atoms with Gasteiger partial charge in [-0.2, -0.15) is 0 Å². The Morgan fingerprint density at radius 1 is 1.38 bits per heavy atom. The Kier molecular flexibility index (Phi) is 3.71. The Bertz CT molecular complexity index is 552. The van der Waals surface area contributed by atoms with Gasteiger partial charge in [0.1, 0.15) is 4.33 Å². The van der Waals surface area contributed by atoms with E-state index in [0.29, 0.717) is 19.5 Å². The molecule has 2 aliphatic rings. The molecule has 21 heavy (non-hydrogen) atoms. The van der Waals surface area contributed by atoms with Gasteiger partial charge < -0.3 is 9.42 Å². The van der Waals surface area contributed by atoms with Gasteiger partial charge in [-0.3, -0.25) is 9.69 Å². The van der Waals surface area contributed by atoms with Crippen molar-refractivity contribution >= 4 is 29.1 Å². The van der Waals surface area contributed by atoms with E-state index < -0.39 is 9.75 Å². The molecular formula is C14H19Cl2N3O2. The fourth-order valence-corrected chi connectivity index (χ4v) is 3.50. The van der Waals surface area contributed by atoms with Crippen LogP contribution in [0.4, 0.5) is 0 Å². The summed E-state index contributed by atoms with van der Waals surface area (Å²) >= 11 is 12.2. The van der Waals surface area contributed by atoms with Gasteiger partial charge in [0.2, 0.25) is 5.91 Å². The zero-order valence-electron chi connectivity index (χ0n) is 12.2. The molecule has 1 aliphatic carbocycles. The van der Waals surface area contributed by atoms with Crippen LogP contribution in [0, 0.1) is 12.3 Å². The first kappa shape index (κ1) is 15.1. The highest BCUT2D eigenvalue weighted by atomic mass is 35.5. The summed E-state index contributed by atoms with van der Waals surface area (Å²) < 4.78 is 4.34. The summed E-state index contributed by atoms with van der Waals surface area (Å²) in [6, 6.07) is 1.94. The van der Waals surface area contributed by atoms with Gasteiger partial charge in [-0.25, -0.2) is 0 Å². The number of alkyl halides is 2. The summed E-state index contributed by atoms with van der Waals surface area (Å²) in [4.78, 5) is 16.6. The first-order chi connectivity index (χ1) is 9.82. The van der Waals surface area contributed by atoms with Crippen LogP contribution < -0.4 is 0 Å². The molecule has 1 aliphatic heterocycles. The normalized spacial score (nSPS) is 28.7. The number of nitrogens with zero attached hydrogens (tertiary/aromatic N) is 3. The number of hydrogen-bond donors (Lipinski definition) is 0. The predicted octanol–water partition coefficient (Wildman–Crippen LogP) is 2.21. The van der Waals surface area contributed by atoms with Gasteiger partial charge in [-0.15, -0.1) is 23.2 Å². The van der Waals surface area contributed by atoms with E-state index in [1.807, 2.05) is 24.8 Å². The average Bonchev–Trinajstić information content (AvgIpc) is 2.75. The molecule has 1 unspecified atom stereocenters. The Labute approximate surface area is 134 Å². The molecule has 1 aromatic rings. The monoisotopic (exact) mass is 331 g/mol. The molecule has 0 bridgehead atoms. The Morgan fingerprint density at radius 2 is 2.00 bits per heavy atom. The number of carbonyl (C=O) groups is 1. The molecule has 2 heterocycles. The Hall–Kier alpha value is -0.780. The van der Waals surface area contributed by atoms with Gasteiger partial charge in [-0.1, -0.05) is 5.16 Å².